The third kappa shape index (κ3) is 5.78. The van der Waals surface area contributed by atoms with Gasteiger partial charge in [-0.2, -0.15) is 0 Å². The van der Waals surface area contributed by atoms with E-state index in [1.165, 1.54) is 17.8 Å². The van der Waals surface area contributed by atoms with Gasteiger partial charge in [-0.3, -0.25) is 9.36 Å². The maximum absolute atomic E-state index is 13.9. The van der Waals surface area contributed by atoms with Gasteiger partial charge in [0.25, 0.3) is 0 Å². The summed E-state index contributed by atoms with van der Waals surface area (Å²) < 4.78 is 21.4. The van der Waals surface area contributed by atoms with Gasteiger partial charge in [-0.15, -0.1) is 10.2 Å². The molecule has 0 aliphatic rings. The third-order valence-corrected chi connectivity index (χ3v) is 5.85. The fourth-order valence-corrected chi connectivity index (χ4v) is 4.05. The molecule has 0 aliphatic carbocycles. The van der Waals surface area contributed by atoms with Gasteiger partial charge in [-0.25, -0.2) is 4.39 Å². The van der Waals surface area contributed by atoms with Gasteiger partial charge in [0, 0.05) is 5.69 Å². The van der Waals surface area contributed by atoms with Gasteiger partial charge in [0.05, 0.1) is 11.8 Å². The second-order valence-electron chi connectivity index (χ2n) is 7.28. The number of ether oxygens (including phenoxy) is 1. The van der Waals surface area contributed by atoms with Crippen LogP contribution in [0.2, 0.25) is 0 Å². The first-order valence-electron chi connectivity index (χ1n) is 10.5. The van der Waals surface area contributed by atoms with E-state index in [9.17, 15) is 9.18 Å². The van der Waals surface area contributed by atoms with Crippen molar-refractivity contribution in [1.82, 2.24) is 20.1 Å². The van der Waals surface area contributed by atoms with Gasteiger partial charge in [0.2, 0.25) is 5.91 Å². The van der Waals surface area contributed by atoms with Crippen LogP contribution in [0.4, 0.5) is 4.39 Å². The van der Waals surface area contributed by atoms with Gasteiger partial charge >= 0.3 is 0 Å². The van der Waals surface area contributed by atoms with E-state index in [1.54, 1.807) is 18.2 Å². The Morgan fingerprint density at radius 3 is 2.39 bits per heavy atom. The molecule has 4 rings (SSSR count). The normalized spacial score (nSPS) is 11.7. The molecule has 1 atom stereocenters. The Balaban J connectivity index is 1.47. The van der Waals surface area contributed by atoms with Crippen LogP contribution in [0.15, 0.2) is 90.1 Å². The number of thioether (sulfide) groups is 1. The molecule has 6 nitrogen and oxygen atoms in total. The lowest BCUT2D eigenvalue weighted by atomic mass is 10.1. The summed E-state index contributed by atoms with van der Waals surface area (Å²) in [4.78, 5) is 12.5. The predicted octanol–water partition coefficient (Wildman–Crippen LogP) is 4.95. The van der Waals surface area contributed by atoms with Crippen molar-refractivity contribution in [3.05, 3.63) is 102 Å². The molecule has 1 amide bonds. The number of benzene rings is 3. The van der Waals surface area contributed by atoms with Crippen LogP contribution in [0.5, 0.6) is 5.75 Å². The second kappa shape index (κ2) is 10.8. The first-order chi connectivity index (χ1) is 16.1. The summed E-state index contributed by atoms with van der Waals surface area (Å²) in [5.74, 6) is 0.273. The molecule has 4 aromatic rings. The number of hydrogen-bond donors (Lipinski definition) is 1. The van der Waals surface area contributed by atoms with E-state index < -0.39 is 5.82 Å². The molecule has 3 aromatic carbocycles. The fourth-order valence-electron chi connectivity index (χ4n) is 3.27. The van der Waals surface area contributed by atoms with Crippen LogP contribution in [-0.2, 0) is 11.4 Å². The minimum Gasteiger partial charge on any atom is -0.483 e. The lowest BCUT2D eigenvalue weighted by Crippen LogP contribution is -2.28. The summed E-state index contributed by atoms with van der Waals surface area (Å²) in [5, 5.41) is 12.0. The first kappa shape index (κ1) is 22.5. The number of carbonyl (C=O) groups excluding carboxylic acids is 1. The highest BCUT2D eigenvalue weighted by Gasteiger charge is 2.18. The highest BCUT2D eigenvalue weighted by atomic mass is 32.2. The lowest BCUT2D eigenvalue weighted by molar-refractivity contribution is -0.119. The van der Waals surface area contributed by atoms with Crippen molar-refractivity contribution in [2.24, 2.45) is 0 Å². The van der Waals surface area contributed by atoms with E-state index in [0.717, 1.165) is 11.3 Å². The monoisotopic (exact) mass is 462 g/mol. The summed E-state index contributed by atoms with van der Waals surface area (Å²) in [6.45, 7) is 1.98. The van der Waals surface area contributed by atoms with E-state index in [-0.39, 0.29) is 30.1 Å². The molecule has 0 saturated heterocycles. The van der Waals surface area contributed by atoms with E-state index in [2.05, 4.69) is 15.5 Å². The molecule has 168 valence electrons. The Morgan fingerprint density at radius 2 is 1.67 bits per heavy atom. The summed E-state index contributed by atoms with van der Waals surface area (Å²) in [7, 11) is 0. The average Bonchev–Trinajstić information content (AvgIpc) is 3.26. The number of para-hydroxylation sites is 2. The Hall–Kier alpha value is -3.65. The van der Waals surface area contributed by atoms with Gasteiger partial charge in [0.15, 0.2) is 22.5 Å². The molecule has 1 aromatic heterocycles. The maximum Gasteiger partial charge on any atom is 0.230 e. The van der Waals surface area contributed by atoms with Gasteiger partial charge in [0.1, 0.15) is 6.61 Å². The standard InChI is InChI=1S/C25H23FN4O2S/c1-18(19-10-4-2-5-11-19)27-24(31)17-33-25-29-28-23(30(25)20-12-6-3-7-13-20)16-32-22-15-9-8-14-21(22)26/h2-15,18H,16-17H2,1H3,(H,27,31)/t18-/m0/s1. The second-order valence-corrected chi connectivity index (χ2v) is 8.22. The van der Waals surface area contributed by atoms with Crippen molar-refractivity contribution in [1.29, 1.82) is 0 Å². The molecule has 0 unspecified atom stereocenters. The van der Waals surface area contributed by atoms with Crippen LogP contribution in [-0.4, -0.2) is 26.4 Å². The molecule has 0 radical (unpaired) electrons. The number of nitrogens with one attached hydrogen (secondary N) is 1. The minimum absolute atomic E-state index is 0.0284. The van der Waals surface area contributed by atoms with Crippen molar-refractivity contribution in [3.8, 4) is 11.4 Å². The Labute approximate surface area is 195 Å². The van der Waals surface area contributed by atoms with E-state index in [1.807, 2.05) is 72.2 Å². The lowest BCUT2D eigenvalue weighted by Gasteiger charge is -2.14. The number of halogens is 1. The zero-order valence-corrected chi connectivity index (χ0v) is 18.8. The van der Waals surface area contributed by atoms with E-state index in [0.29, 0.717) is 11.0 Å². The minimum atomic E-state index is -0.443. The van der Waals surface area contributed by atoms with Crippen molar-refractivity contribution < 1.29 is 13.9 Å². The van der Waals surface area contributed by atoms with Crippen LogP contribution in [0.25, 0.3) is 5.69 Å². The van der Waals surface area contributed by atoms with Crippen LogP contribution >= 0.6 is 11.8 Å². The summed E-state index contributed by atoms with van der Waals surface area (Å²) in [6, 6.07) is 25.4. The van der Waals surface area contributed by atoms with Gasteiger partial charge < -0.3 is 10.1 Å². The van der Waals surface area contributed by atoms with Crippen molar-refractivity contribution in [2.45, 2.75) is 24.7 Å². The van der Waals surface area contributed by atoms with Crippen LogP contribution in [0.3, 0.4) is 0 Å². The number of amides is 1. The predicted molar refractivity (Wildman–Crippen MR) is 126 cm³/mol. The van der Waals surface area contributed by atoms with Crippen molar-refractivity contribution in [2.75, 3.05) is 5.75 Å². The number of aromatic nitrogens is 3. The Morgan fingerprint density at radius 1 is 1.00 bits per heavy atom. The number of rotatable bonds is 9. The van der Waals surface area contributed by atoms with Gasteiger partial charge in [-0.1, -0.05) is 72.4 Å². The molecule has 0 saturated carbocycles. The Bertz CT molecular complexity index is 1200. The number of carbonyl (C=O) groups is 1. The zero-order valence-electron chi connectivity index (χ0n) is 18.0. The average molecular weight is 463 g/mol. The molecule has 1 N–H and O–H groups in total. The van der Waals surface area contributed by atoms with Crippen LogP contribution in [0, 0.1) is 5.82 Å². The molecule has 0 bridgehead atoms. The van der Waals surface area contributed by atoms with Crippen molar-refractivity contribution >= 4 is 17.7 Å². The summed E-state index contributed by atoms with van der Waals surface area (Å²) >= 11 is 1.28. The molecule has 0 spiro atoms. The van der Waals surface area contributed by atoms with Crippen LogP contribution < -0.4 is 10.1 Å². The fraction of sp³-hybridized carbons (Fsp3) is 0.160. The summed E-state index contributed by atoms with van der Waals surface area (Å²) in [6.07, 6.45) is 0. The zero-order chi connectivity index (χ0) is 23.0. The topological polar surface area (TPSA) is 69.0 Å². The van der Waals surface area contributed by atoms with Gasteiger partial charge in [-0.05, 0) is 36.8 Å². The maximum atomic E-state index is 13.9. The first-order valence-corrected chi connectivity index (χ1v) is 11.4. The molecule has 1 heterocycles. The molecule has 0 fully saturated rings. The van der Waals surface area contributed by atoms with Crippen LogP contribution in [0.1, 0.15) is 24.4 Å². The number of nitrogens with zero attached hydrogens (tertiary/aromatic N) is 3. The molecular formula is C25H23FN4O2S. The smallest absolute Gasteiger partial charge is 0.230 e. The van der Waals surface area contributed by atoms with Crippen molar-refractivity contribution in [3.63, 3.8) is 0 Å². The molecular weight excluding hydrogens is 439 g/mol. The third-order valence-electron chi connectivity index (χ3n) is 4.92. The van der Waals surface area contributed by atoms with E-state index >= 15 is 0 Å². The highest BCUT2D eigenvalue weighted by molar-refractivity contribution is 7.99. The SMILES string of the molecule is C[C@H](NC(=O)CSc1nnc(COc2ccccc2F)n1-c1ccccc1)c1ccccc1. The van der Waals surface area contributed by atoms with E-state index in [4.69, 9.17) is 4.74 Å². The summed E-state index contributed by atoms with van der Waals surface area (Å²) in [5.41, 5.74) is 1.87. The molecule has 33 heavy (non-hydrogen) atoms. The number of hydrogen-bond acceptors (Lipinski definition) is 5. The molecule has 0 aliphatic heterocycles. The highest BCUT2D eigenvalue weighted by Crippen LogP contribution is 2.24. The Kier molecular flexibility index (Phi) is 7.36. The largest absolute Gasteiger partial charge is 0.483 e. The quantitative estimate of drug-likeness (QED) is 0.356. The molecule has 8 heteroatoms.